The van der Waals surface area contributed by atoms with Crippen LogP contribution in [0, 0.1) is 0 Å². The fraction of sp³-hybridized carbons (Fsp3) is 0.615. The van der Waals surface area contributed by atoms with Gasteiger partial charge >= 0.3 is 5.76 Å². The molecule has 0 unspecified atom stereocenters. The van der Waals surface area contributed by atoms with E-state index in [1.54, 1.807) is 0 Å². The lowest BCUT2D eigenvalue weighted by Crippen LogP contribution is -2.39. The molecule has 1 amide bonds. The van der Waals surface area contributed by atoms with Crippen LogP contribution in [0.5, 0.6) is 0 Å². The minimum absolute atomic E-state index is 0.107. The third kappa shape index (κ3) is 2.67. The maximum Gasteiger partial charge on any atom is 0.434 e. The van der Waals surface area contributed by atoms with Gasteiger partial charge in [0.15, 0.2) is 0 Å². The quantitative estimate of drug-likeness (QED) is 0.847. The second-order valence-electron chi connectivity index (χ2n) is 5.07. The van der Waals surface area contributed by atoms with Gasteiger partial charge in [-0.15, -0.1) is 5.10 Å². The molecule has 1 aromatic heterocycles. The first-order valence-corrected chi connectivity index (χ1v) is 6.85. The summed E-state index contributed by atoms with van der Waals surface area (Å²) in [7, 11) is 0. The number of carbonyl (C=O) groups is 1. The first-order valence-electron chi connectivity index (χ1n) is 6.85. The Balaban J connectivity index is 1.59. The van der Waals surface area contributed by atoms with Crippen LogP contribution in [0.1, 0.15) is 31.1 Å². The summed E-state index contributed by atoms with van der Waals surface area (Å²) in [6.45, 7) is 2.47. The number of amides is 1. The highest BCUT2D eigenvalue weighted by molar-refractivity contribution is 5.93. The number of likely N-dealkylation sites (tertiary alicyclic amines) is 1. The van der Waals surface area contributed by atoms with Crippen LogP contribution in [0.3, 0.4) is 0 Å². The smallest absolute Gasteiger partial charge is 0.392 e. The largest absolute Gasteiger partial charge is 0.434 e. The number of carbonyl (C=O) groups excluding carboxylic acids is 1. The molecular weight excluding hydrogens is 262 g/mol. The molecule has 3 heterocycles. The number of piperidine rings is 1. The number of aromatic nitrogens is 2. The molecule has 0 bridgehead atoms. The number of nitrogens with one attached hydrogen (secondary N) is 1. The van der Waals surface area contributed by atoms with Crippen molar-refractivity contribution >= 4 is 5.91 Å². The molecule has 0 radical (unpaired) electrons. The fourth-order valence-electron chi connectivity index (χ4n) is 2.67. The standard InChI is InChI=1S/C13H17N3O4/c17-12(10-3-7-19-8-4-10)16-5-1-9(2-6-16)11-14-15-13(18)20-11/h3,9H,1-2,4-8H2,(H,15,18). The Hall–Kier alpha value is -1.89. The van der Waals surface area contributed by atoms with E-state index in [2.05, 4.69) is 10.2 Å². The van der Waals surface area contributed by atoms with E-state index < -0.39 is 5.76 Å². The average molecular weight is 279 g/mol. The summed E-state index contributed by atoms with van der Waals surface area (Å²) >= 11 is 0. The van der Waals surface area contributed by atoms with Gasteiger partial charge in [-0.25, -0.2) is 9.89 Å². The Morgan fingerprint density at radius 2 is 2.20 bits per heavy atom. The number of ether oxygens (including phenoxy) is 1. The molecule has 0 saturated carbocycles. The topological polar surface area (TPSA) is 88.4 Å². The first kappa shape index (κ1) is 13.1. The Morgan fingerprint density at radius 3 is 2.80 bits per heavy atom. The van der Waals surface area contributed by atoms with Crippen molar-refractivity contribution in [3.63, 3.8) is 0 Å². The zero-order valence-corrected chi connectivity index (χ0v) is 11.1. The first-order chi connectivity index (χ1) is 9.74. The van der Waals surface area contributed by atoms with Crippen molar-refractivity contribution in [2.45, 2.75) is 25.2 Å². The normalized spacial score (nSPS) is 20.8. The Bertz CT molecular complexity index is 566. The summed E-state index contributed by atoms with van der Waals surface area (Å²) in [5.41, 5.74) is 0.848. The van der Waals surface area contributed by atoms with E-state index in [0.29, 0.717) is 38.6 Å². The van der Waals surface area contributed by atoms with Crippen LogP contribution in [0.2, 0.25) is 0 Å². The molecule has 0 atom stereocenters. The monoisotopic (exact) mass is 279 g/mol. The third-order valence-electron chi connectivity index (χ3n) is 3.82. The molecule has 0 aromatic carbocycles. The molecule has 1 saturated heterocycles. The molecule has 7 heteroatoms. The van der Waals surface area contributed by atoms with E-state index in [-0.39, 0.29) is 11.8 Å². The van der Waals surface area contributed by atoms with Crippen molar-refractivity contribution in [1.82, 2.24) is 15.1 Å². The van der Waals surface area contributed by atoms with Crippen molar-refractivity contribution in [1.29, 1.82) is 0 Å². The lowest BCUT2D eigenvalue weighted by Gasteiger charge is -2.31. The lowest BCUT2D eigenvalue weighted by molar-refractivity contribution is -0.128. The number of hydrogen-bond donors (Lipinski definition) is 1. The fourth-order valence-corrected chi connectivity index (χ4v) is 2.67. The van der Waals surface area contributed by atoms with Gasteiger partial charge < -0.3 is 14.1 Å². The lowest BCUT2D eigenvalue weighted by atomic mass is 9.96. The maximum atomic E-state index is 12.3. The second-order valence-corrected chi connectivity index (χ2v) is 5.07. The third-order valence-corrected chi connectivity index (χ3v) is 3.82. The summed E-state index contributed by atoms with van der Waals surface area (Å²) < 4.78 is 10.2. The van der Waals surface area contributed by atoms with Crippen LogP contribution in [0.25, 0.3) is 0 Å². The van der Waals surface area contributed by atoms with Gasteiger partial charge in [0.25, 0.3) is 0 Å². The molecule has 3 rings (SSSR count). The second kappa shape index (κ2) is 5.62. The summed E-state index contributed by atoms with van der Waals surface area (Å²) in [5.74, 6) is 0.148. The highest BCUT2D eigenvalue weighted by atomic mass is 16.5. The van der Waals surface area contributed by atoms with E-state index >= 15 is 0 Å². The van der Waals surface area contributed by atoms with Crippen LogP contribution in [0.4, 0.5) is 0 Å². The molecule has 108 valence electrons. The summed E-state index contributed by atoms with van der Waals surface area (Å²) in [4.78, 5) is 25.1. The predicted molar refractivity (Wildman–Crippen MR) is 69.2 cm³/mol. The van der Waals surface area contributed by atoms with Crippen molar-refractivity contribution in [3.05, 3.63) is 28.1 Å². The highest BCUT2D eigenvalue weighted by Gasteiger charge is 2.28. The van der Waals surface area contributed by atoms with Gasteiger partial charge in [-0.2, -0.15) is 0 Å². The molecule has 0 spiro atoms. The van der Waals surface area contributed by atoms with Gasteiger partial charge in [-0.1, -0.05) is 6.08 Å². The highest BCUT2D eigenvalue weighted by Crippen LogP contribution is 2.26. The molecule has 2 aliphatic rings. The number of rotatable bonds is 2. The van der Waals surface area contributed by atoms with Crippen molar-refractivity contribution < 1.29 is 13.9 Å². The van der Waals surface area contributed by atoms with E-state index in [1.807, 2.05) is 11.0 Å². The Kier molecular flexibility index (Phi) is 3.68. The molecule has 1 fully saturated rings. The zero-order valence-electron chi connectivity index (χ0n) is 11.1. The molecule has 1 N–H and O–H groups in total. The van der Waals surface area contributed by atoms with Crippen LogP contribution in [-0.4, -0.2) is 47.3 Å². The van der Waals surface area contributed by atoms with Gasteiger partial charge in [0.05, 0.1) is 13.2 Å². The van der Waals surface area contributed by atoms with Gasteiger partial charge in [-0.3, -0.25) is 4.79 Å². The average Bonchev–Trinajstić information content (AvgIpc) is 2.94. The number of aromatic amines is 1. The predicted octanol–water partition coefficient (Wildman–Crippen LogP) is 0.416. The van der Waals surface area contributed by atoms with Crippen molar-refractivity contribution in [2.24, 2.45) is 0 Å². The SMILES string of the molecule is O=C(C1=CCOCC1)N1CCC(c2n[nH]c(=O)o2)CC1. The van der Waals surface area contributed by atoms with Crippen LogP contribution < -0.4 is 5.76 Å². The minimum atomic E-state index is -0.522. The van der Waals surface area contributed by atoms with Crippen LogP contribution in [-0.2, 0) is 9.53 Å². The maximum absolute atomic E-state index is 12.3. The summed E-state index contributed by atoms with van der Waals surface area (Å²) in [5, 5.41) is 6.14. The summed E-state index contributed by atoms with van der Waals surface area (Å²) in [6.07, 6.45) is 4.09. The van der Waals surface area contributed by atoms with Crippen molar-refractivity contribution in [2.75, 3.05) is 26.3 Å². The molecule has 1 aromatic rings. The Labute approximate surface area is 115 Å². The van der Waals surface area contributed by atoms with E-state index in [1.165, 1.54) is 0 Å². The molecule has 0 aliphatic carbocycles. The van der Waals surface area contributed by atoms with Crippen LogP contribution >= 0.6 is 0 Å². The van der Waals surface area contributed by atoms with Crippen LogP contribution in [0.15, 0.2) is 20.9 Å². The van der Waals surface area contributed by atoms with E-state index in [4.69, 9.17) is 9.15 Å². The van der Waals surface area contributed by atoms with E-state index in [9.17, 15) is 9.59 Å². The molecule has 20 heavy (non-hydrogen) atoms. The molecule has 2 aliphatic heterocycles. The number of hydrogen-bond acceptors (Lipinski definition) is 5. The zero-order chi connectivity index (χ0) is 13.9. The van der Waals surface area contributed by atoms with Gasteiger partial charge in [-0.05, 0) is 12.8 Å². The number of H-pyrrole nitrogens is 1. The molecule has 7 nitrogen and oxygen atoms in total. The van der Waals surface area contributed by atoms with Gasteiger partial charge in [0.2, 0.25) is 11.8 Å². The van der Waals surface area contributed by atoms with E-state index in [0.717, 1.165) is 18.4 Å². The Morgan fingerprint density at radius 1 is 1.40 bits per heavy atom. The minimum Gasteiger partial charge on any atom is -0.392 e. The van der Waals surface area contributed by atoms with Gasteiger partial charge in [0, 0.05) is 31.0 Å². The van der Waals surface area contributed by atoms with Gasteiger partial charge in [0.1, 0.15) is 0 Å². The van der Waals surface area contributed by atoms with Crippen molar-refractivity contribution in [3.8, 4) is 0 Å². The number of nitrogens with zero attached hydrogens (tertiary/aromatic N) is 2. The summed E-state index contributed by atoms with van der Waals surface area (Å²) in [6, 6.07) is 0. The molecular formula is C13H17N3O4.